The number of carbonyl (C=O) groups is 1. The van der Waals surface area contributed by atoms with Crippen LogP contribution in [0, 0.1) is 6.92 Å². The van der Waals surface area contributed by atoms with E-state index in [0.717, 1.165) is 11.1 Å². The molecule has 0 amide bonds. The fourth-order valence-electron chi connectivity index (χ4n) is 2.04. The smallest absolute Gasteiger partial charge is 0.335 e. The van der Waals surface area contributed by atoms with E-state index in [1.54, 1.807) is 6.07 Å². The molecule has 20 heavy (non-hydrogen) atoms. The van der Waals surface area contributed by atoms with Crippen molar-refractivity contribution in [1.82, 2.24) is 0 Å². The maximum Gasteiger partial charge on any atom is 0.335 e. The highest BCUT2D eigenvalue weighted by Gasteiger charge is 2.16. The number of benzene rings is 2. The Bertz CT molecular complexity index is 630. The Morgan fingerprint density at radius 2 is 1.70 bits per heavy atom. The summed E-state index contributed by atoms with van der Waals surface area (Å²) in [7, 11) is 3.03. The Kier molecular flexibility index (Phi) is 3.94. The van der Waals surface area contributed by atoms with Crippen molar-refractivity contribution in [3.63, 3.8) is 0 Å². The van der Waals surface area contributed by atoms with E-state index < -0.39 is 5.97 Å². The molecule has 0 atom stereocenters. The minimum absolute atomic E-state index is 0.165. The number of carboxylic acid groups (broad SMARTS) is 1. The van der Waals surface area contributed by atoms with Crippen LogP contribution in [-0.2, 0) is 0 Å². The van der Waals surface area contributed by atoms with E-state index in [2.05, 4.69) is 0 Å². The van der Waals surface area contributed by atoms with Crippen LogP contribution in [-0.4, -0.2) is 25.3 Å². The number of hydrogen-bond acceptors (Lipinski definition) is 3. The molecular formula is C16H16O4. The summed E-state index contributed by atoms with van der Waals surface area (Å²) < 4.78 is 10.6. The van der Waals surface area contributed by atoms with E-state index in [1.165, 1.54) is 20.3 Å². The number of methoxy groups -OCH3 is 2. The first-order chi connectivity index (χ1) is 9.56. The molecule has 0 spiro atoms. The largest absolute Gasteiger partial charge is 0.493 e. The van der Waals surface area contributed by atoms with Gasteiger partial charge in [0.2, 0.25) is 0 Å². The van der Waals surface area contributed by atoms with E-state index in [1.807, 2.05) is 31.2 Å². The number of rotatable bonds is 4. The number of aromatic carboxylic acids is 1. The standard InChI is InChI=1S/C16H16O4/c1-10-4-6-11(7-5-10)13-8-12(16(17)18)9-14(19-2)15(13)20-3/h4-9H,1-3H3,(H,17,18). The van der Waals surface area contributed by atoms with Gasteiger partial charge in [0.25, 0.3) is 0 Å². The summed E-state index contributed by atoms with van der Waals surface area (Å²) >= 11 is 0. The lowest BCUT2D eigenvalue weighted by atomic mass is 10.00. The summed E-state index contributed by atoms with van der Waals surface area (Å²) in [4.78, 5) is 11.2. The van der Waals surface area contributed by atoms with Crippen LogP contribution in [0.4, 0.5) is 0 Å². The van der Waals surface area contributed by atoms with Crippen LogP contribution in [0.3, 0.4) is 0 Å². The van der Waals surface area contributed by atoms with Crippen LogP contribution in [0.15, 0.2) is 36.4 Å². The molecule has 104 valence electrons. The fourth-order valence-corrected chi connectivity index (χ4v) is 2.04. The van der Waals surface area contributed by atoms with Crippen LogP contribution in [0.2, 0.25) is 0 Å². The van der Waals surface area contributed by atoms with Gasteiger partial charge in [-0.25, -0.2) is 4.79 Å². The number of hydrogen-bond donors (Lipinski definition) is 1. The Hall–Kier alpha value is -2.49. The average Bonchev–Trinajstić information content (AvgIpc) is 2.46. The molecule has 4 nitrogen and oxygen atoms in total. The van der Waals surface area contributed by atoms with Crippen LogP contribution in [0.25, 0.3) is 11.1 Å². The minimum Gasteiger partial charge on any atom is -0.493 e. The summed E-state index contributed by atoms with van der Waals surface area (Å²) in [6.45, 7) is 2.00. The van der Waals surface area contributed by atoms with Gasteiger partial charge in [-0.1, -0.05) is 29.8 Å². The molecule has 0 aliphatic heterocycles. The van der Waals surface area contributed by atoms with Crippen LogP contribution in [0.5, 0.6) is 11.5 Å². The van der Waals surface area contributed by atoms with E-state index in [9.17, 15) is 9.90 Å². The third-order valence-corrected chi connectivity index (χ3v) is 3.09. The zero-order valence-corrected chi connectivity index (χ0v) is 11.6. The lowest BCUT2D eigenvalue weighted by molar-refractivity contribution is 0.0696. The maximum absolute atomic E-state index is 11.2. The molecule has 4 heteroatoms. The summed E-state index contributed by atoms with van der Waals surface area (Å²) in [5.74, 6) is -0.0661. The lowest BCUT2D eigenvalue weighted by Crippen LogP contribution is -2.01. The normalized spacial score (nSPS) is 10.2. The second-order valence-corrected chi connectivity index (χ2v) is 4.43. The van der Waals surface area contributed by atoms with Gasteiger partial charge in [0.1, 0.15) is 0 Å². The van der Waals surface area contributed by atoms with E-state index in [0.29, 0.717) is 17.1 Å². The van der Waals surface area contributed by atoms with Gasteiger partial charge in [-0.2, -0.15) is 0 Å². The topological polar surface area (TPSA) is 55.8 Å². The van der Waals surface area contributed by atoms with Crippen molar-refractivity contribution in [3.05, 3.63) is 47.5 Å². The first-order valence-corrected chi connectivity index (χ1v) is 6.13. The number of carboxylic acids is 1. The molecule has 0 bridgehead atoms. The maximum atomic E-state index is 11.2. The van der Waals surface area contributed by atoms with E-state index >= 15 is 0 Å². The molecular weight excluding hydrogens is 256 g/mol. The average molecular weight is 272 g/mol. The first kappa shape index (κ1) is 13.9. The van der Waals surface area contributed by atoms with Gasteiger partial charge in [0.05, 0.1) is 19.8 Å². The summed E-state index contributed by atoms with van der Waals surface area (Å²) in [5.41, 5.74) is 2.88. The predicted molar refractivity (Wildman–Crippen MR) is 76.7 cm³/mol. The van der Waals surface area contributed by atoms with Crippen molar-refractivity contribution < 1.29 is 19.4 Å². The van der Waals surface area contributed by atoms with E-state index in [4.69, 9.17) is 9.47 Å². The highest BCUT2D eigenvalue weighted by molar-refractivity contribution is 5.92. The molecule has 0 radical (unpaired) electrons. The Morgan fingerprint density at radius 1 is 1.05 bits per heavy atom. The zero-order chi connectivity index (χ0) is 14.7. The molecule has 2 aromatic carbocycles. The summed E-state index contributed by atoms with van der Waals surface area (Å²) in [6, 6.07) is 10.8. The van der Waals surface area contributed by atoms with Crippen molar-refractivity contribution in [3.8, 4) is 22.6 Å². The van der Waals surface area contributed by atoms with Gasteiger partial charge >= 0.3 is 5.97 Å². The van der Waals surface area contributed by atoms with Crippen LogP contribution in [0.1, 0.15) is 15.9 Å². The van der Waals surface area contributed by atoms with Crippen molar-refractivity contribution in [1.29, 1.82) is 0 Å². The monoisotopic (exact) mass is 272 g/mol. The highest BCUT2D eigenvalue weighted by atomic mass is 16.5. The molecule has 0 aliphatic carbocycles. The second kappa shape index (κ2) is 5.65. The van der Waals surface area contributed by atoms with Crippen LogP contribution < -0.4 is 9.47 Å². The molecule has 0 aliphatic rings. The summed E-state index contributed by atoms with van der Waals surface area (Å²) in [5, 5.41) is 9.19. The quantitative estimate of drug-likeness (QED) is 0.927. The molecule has 0 fully saturated rings. The molecule has 2 aromatic rings. The highest BCUT2D eigenvalue weighted by Crippen LogP contribution is 2.39. The van der Waals surface area contributed by atoms with Gasteiger partial charge in [-0.3, -0.25) is 0 Å². The van der Waals surface area contributed by atoms with Crippen LogP contribution >= 0.6 is 0 Å². The van der Waals surface area contributed by atoms with E-state index in [-0.39, 0.29) is 5.56 Å². The SMILES string of the molecule is COc1cc(C(=O)O)cc(-c2ccc(C)cc2)c1OC. The van der Waals surface area contributed by atoms with Crippen molar-refractivity contribution in [2.75, 3.05) is 14.2 Å². The van der Waals surface area contributed by atoms with Gasteiger partial charge in [0, 0.05) is 5.56 Å². The van der Waals surface area contributed by atoms with Crippen molar-refractivity contribution in [2.24, 2.45) is 0 Å². The third kappa shape index (κ3) is 2.59. The molecule has 0 saturated carbocycles. The Morgan fingerprint density at radius 3 is 2.20 bits per heavy atom. The van der Waals surface area contributed by atoms with Crippen molar-refractivity contribution in [2.45, 2.75) is 6.92 Å². The van der Waals surface area contributed by atoms with Gasteiger partial charge in [-0.05, 0) is 24.6 Å². The second-order valence-electron chi connectivity index (χ2n) is 4.43. The number of ether oxygens (including phenoxy) is 2. The summed E-state index contributed by atoms with van der Waals surface area (Å²) in [6.07, 6.45) is 0. The lowest BCUT2D eigenvalue weighted by Gasteiger charge is -2.14. The Labute approximate surface area is 117 Å². The molecule has 0 unspecified atom stereocenters. The van der Waals surface area contributed by atoms with Gasteiger partial charge in [0.15, 0.2) is 11.5 Å². The van der Waals surface area contributed by atoms with Gasteiger partial charge in [-0.15, -0.1) is 0 Å². The van der Waals surface area contributed by atoms with Gasteiger partial charge < -0.3 is 14.6 Å². The molecule has 2 rings (SSSR count). The molecule has 1 N–H and O–H groups in total. The predicted octanol–water partition coefficient (Wildman–Crippen LogP) is 3.38. The fraction of sp³-hybridized carbons (Fsp3) is 0.188. The Balaban J connectivity index is 2.68. The zero-order valence-electron chi connectivity index (χ0n) is 11.6. The minimum atomic E-state index is -1.00. The van der Waals surface area contributed by atoms with Crippen molar-refractivity contribution >= 4 is 5.97 Å². The third-order valence-electron chi connectivity index (χ3n) is 3.09. The molecule has 0 heterocycles. The first-order valence-electron chi connectivity index (χ1n) is 6.13. The number of aryl methyl sites for hydroxylation is 1. The molecule has 0 saturated heterocycles. The molecule has 0 aromatic heterocycles.